The molecule has 0 aliphatic rings. The lowest BCUT2D eigenvalue weighted by molar-refractivity contribution is -0.116. The van der Waals surface area contributed by atoms with Crippen molar-refractivity contribution in [3.8, 4) is 0 Å². The second-order valence-corrected chi connectivity index (χ2v) is 10.8. The fourth-order valence-electron chi connectivity index (χ4n) is 2.11. The number of amides is 1. The molecule has 0 spiro atoms. The number of hydrogen-bond donors (Lipinski definition) is 3. The van der Waals surface area contributed by atoms with Gasteiger partial charge in [-0.05, 0) is 64.8 Å². The Morgan fingerprint density at radius 1 is 0.963 bits per heavy atom. The zero-order valence-corrected chi connectivity index (χ0v) is 17.8. The molecule has 0 fully saturated rings. The van der Waals surface area contributed by atoms with E-state index >= 15 is 0 Å². The molecule has 0 atom stereocenters. The van der Waals surface area contributed by atoms with Crippen molar-refractivity contribution >= 4 is 31.6 Å². The van der Waals surface area contributed by atoms with Gasteiger partial charge in [0.1, 0.15) is 0 Å². The van der Waals surface area contributed by atoms with Crippen LogP contribution in [0.5, 0.6) is 0 Å². The Morgan fingerprint density at radius 3 is 2.07 bits per heavy atom. The summed E-state index contributed by atoms with van der Waals surface area (Å²) >= 11 is 0. The van der Waals surface area contributed by atoms with E-state index in [1.165, 1.54) is 24.3 Å². The Bertz CT molecular complexity index is 817. The van der Waals surface area contributed by atoms with Gasteiger partial charge in [-0.2, -0.15) is 0 Å². The maximum absolute atomic E-state index is 12.0. The van der Waals surface area contributed by atoms with Crippen molar-refractivity contribution in [2.45, 2.75) is 63.1 Å². The van der Waals surface area contributed by atoms with Gasteiger partial charge in [-0.1, -0.05) is 0 Å². The van der Waals surface area contributed by atoms with Crippen molar-refractivity contribution in [1.82, 2.24) is 9.44 Å². The quantitative estimate of drug-likeness (QED) is 0.472. The Morgan fingerprint density at radius 2 is 1.56 bits per heavy atom. The Balaban J connectivity index is 2.43. The zero-order valence-electron chi connectivity index (χ0n) is 16.2. The minimum atomic E-state index is -3.56. The average molecular weight is 420 g/mol. The van der Waals surface area contributed by atoms with E-state index in [-0.39, 0.29) is 23.3 Å². The van der Waals surface area contributed by atoms with E-state index in [9.17, 15) is 21.6 Å². The van der Waals surface area contributed by atoms with Crippen LogP contribution in [-0.4, -0.2) is 40.6 Å². The summed E-state index contributed by atoms with van der Waals surface area (Å²) in [5.41, 5.74) is 0.504. The molecule has 0 heterocycles. The molecule has 0 saturated heterocycles. The molecule has 0 unspecified atom stereocenters. The van der Waals surface area contributed by atoms with Crippen LogP contribution >= 0.6 is 0 Å². The lowest BCUT2D eigenvalue weighted by Crippen LogP contribution is -2.31. The van der Waals surface area contributed by atoms with Crippen LogP contribution in [0.3, 0.4) is 0 Å². The SMILES string of the molecule is CC(C)NS(=O)(=O)c1ccc(NC(=O)CCCCNS(=O)(=O)C(C)C)cc1. The van der Waals surface area contributed by atoms with Crippen molar-refractivity contribution in [2.24, 2.45) is 0 Å². The minimum Gasteiger partial charge on any atom is -0.326 e. The summed E-state index contributed by atoms with van der Waals surface area (Å²) in [7, 11) is -6.84. The first-order valence-electron chi connectivity index (χ1n) is 8.85. The van der Waals surface area contributed by atoms with Gasteiger partial charge in [-0.3, -0.25) is 4.79 Å². The van der Waals surface area contributed by atoms with Gasteiger partial charge in [-0.25, -0.2) is 26.3 Å². The van der Waals surface area contributed by atoms with E-state index in [0.29, 0.717) is 25.1 Å². The Hall–Kier alpha value is -1.49. The first kappa shape index (κ1) is 23.5. The van der Waals surface area contributed by atoms with Gasteiger partial charge in [0, 0.05) is 24.7 Å². The molecule has 154 valence electrons. The van der Waals surface area contributed by atoms with Gasteiger partial charge < -0.3 is 5.32 Å². The lowest BCUT2D eigenvalue weighted by Gasteiger charge is -2.11. The van der Waals surface area contributed by atoms with Crippen LogP contribution in [0.25, 0.3) is 0 Å². The summed E-state index contributed by atoms with van der Waals surface area (Å²) in [6, 6.07) is 5.72. The summed E-state index contributed by atoms with van der Waals surface area (Å²) in [4.78, 5) is 12.1. The van der Waals surface area contributed by atoms with Crippen LogP contribution in [0.1, 0.15) is 47.0 Å². The van der Waals surface area contributed by atoms with Gasteiger partial charge in [0.05, 0.1) is 10.1 Å². The van der Waals surface area contributed by atoms with Crippen molar-refractivity contribution in [2.75, 3.05) is 11.9 Å². The predicted octanol–water partition coefficient (Wildman–Crippen LogP) is 1.81. The molecule has 1 aromatic rings. The van der Waals surface area contributed by atoms with Crippen molar-refractivity contribution in [3.63, 3.8) is 0 Å². The van der Waals surface area contributed by atoms with Crippen LogP contribution in [0.15, 0.2) is 29.2 Å². The summed E-state index contributed by atoms with van der Waals surface area (Å²) in [6.45, 7) is 6.97. The van der Waals surface area contributed by atoms with Crippen LogP contribution in [0.4, 0.5) is 5.69 Å². The third kappa shape index (κ3) is 8.37. The Labute approximate surface area is 162 Å². The van der Waals surface area contributed by atoms with Crippen molar-refractivity contribution in [1.29, 1.82) is 0 Å². The molecule has 0 radical (unpaired) electrons. The van der Waals surface area contributed by atoms with E-state index in [4.69, 9.17) is 0 Å². The van der Waals surface area contributed by atoms with Crippen LogP contribution < -0.4 is 14.8 Å². The maximum atomic E-state index is 12.0. The summed E-state index contributed by atoms with van der Waals surface area (Å²) in [6.07, 6.45) is 1.34. The zero-order chi connectivity index (χ0) is 20.7. The second kappa shape index (κ2) is 10.2. The smallest absolute Gasteiger partial charge is 0.240 e. The molecule has 1 amide bonds. The molecule has 0 saturated carbocycles. The molecular weight excluding hydrogens is 390 g/mol. The van der Waals surface area contributed by atoms with Crippen LogP contribution in [0.2, 0.25) is 0 Å². The van der Waals surface area contributed by atoms with Gasteiger partial charge in [0.25, 0.3) is 0 Å². The first-order chi connectivity index (χ1) is 12.4. The number of rotatable bonds is 11. The number of nitrogens with one attached hydrogen (secondary N) is 3. The summed E-state index contributed by atoms with van der Waals surface area (Å²) in [5, 5.41) is 2.21. The highest BCUT2D eigenvalue weighted by Crippen LogP contribution is 2.15. The number of carbonyl (C=O) groups is 1. The molecule has 0 aliphatic carbocycles. The highest BCUT2D eigenvalue weighted by molar-refractivity contribution is 7.90. The Kier molecular flexibility index (Phi) is 8.86. The number of carbonyl (C=O) groups excluding carboxylic acids is 1. The number of anilines is 1. The van der Waals surface area contributed by atoms with E-state index in [1.54, 1.807) is 27.7 Å². The standard InChI is InChI=1S/C17H29N3O5S2/c1-13(2)20-27(24,25)16-10-8-15(9-11-16)19-17(21)7-5-6-12-18-26(22,23)14(3)4/h8-11,13-14,18,20H,5-7,12H2,1-4H3,(H,19,21). The molecule has 3 N–H and O–H groups in total. The highest BCUT2D eigenvalue weighted by Gasteiger charge is 2.16. The largest absolute Gasteiger partial charge is 0.326 e. The normalized spacial score (nSPS) is 12.5. The highest BCUT2D eigenvalue weighted by atomic mass is 32.2. The molecule has 0 aromatic heterocycles. The lowest BCUT2D eigenvalue weighted by atomic mass is 10.2. The summed E-state index contributed by atoms with van der Waals surface area (Å²) < 4.78 is 52.2. The molecular formula is C17H29N3O5S2. The number of benzene rings is 1. The van der Waals surface area contributed by atoms with Gasteiger partial charge in [-0.15, -0.1) is 0 Å². The molecule has 1 rings (SSSR count). The number of unbranched alkanes of at least 4 members (excludes halogenated alkanes) is 1. The third-order valence-corrected chi connectivity index (χ3v) is 7.12. The number of sulfonamides is 2. The minimum absolute atomic E-state index is 0.131. The van der Waals surface area contributed by atoms with Gasteiger partial charge in [0.15, 0.2) is 0 Å². The van der Waals surface area contributed by atoms with E-state index in [2.05, 4.69) is 14.8 Å². The van der Waals surface area contributed by atoms with Crippen LogP contribution in [0, 0.1) is 0 Å². The fourth-order valence-corrected chi connectivity index (χ4v) is 4.12. The van der Waals surface area contributed by atoms with E-state index < -0.39 is 25.3 Å². The molecule has 10 heteroatoms. The molecule has 1 aromatic carbocycles. The van der Waals surface area contributed by atoms with E-state index in [1.807, 2.05) is 0 Å². The molecule has 0 aliphatic heterocycles. The molecule has 27 heavy (non-hydrogen) atoms. The van der Waals surface area contributed by atoms with Crippen molar-refractivity contribution < 1.29 is 21.6 Å². The average Bonchev–Trinajstić information content (AvgIpc) is 2.53. The van der Waals surface area contributed by atoms with E-state index in [0.717, 1.165) is 0 Å². The van der Waals surface area contributed by atoms with Gasteiger partial charge >= 0.3 is 0 Å². The first-order valence-corrected chi connectivity index (χ1v) is 11.9. The topological polar surface area (TPSA) is 121 Å². The molecule has 8 nitrogen and oxygen atoms in total. The predicted molar refractivity (Wildman–Crippen MR) is 106 cm³/mol. The summed E-state index contributed by atoms with van der Waals surface area (Å²) in [5.74, 6) is -0.211. The number of hydrogen-bond acceptors (Lipinski definition) is 5. The third-order valence-electron chi connectivity index (χ3n) is 3.59. The maximum Gasteiger partial charge on any atom is 0.240 e. The second-order valence-electron chi connectivity index (χ2n) is 6.79. The van der Waals surface area contributed by atoms with Crippen molar-refractivity contribution in [3.05, 3.63) is 24.3 Å². The van der Waals surface area contributed by atoms with Crippen LogP contribution in [-0.2, 0) is 24.8 Å². The molecule has 0 bridgehead atoms. The van der Waals surface area contributed by atoms with Gasteiger partial charge in [0.2, 0.25) is 26.0 Å². The monoisotopic (exact) mass is 419 g/mol. The fraction of sp³-hybridized carbons (Fsp3) is 0.588.